The summed E-state index contributed by atoms with van der Waals surface area (Å²) < 4.78 is 41.0. The monoisotopic (exact) mass is 270 g/mol. The van der Waals surface area contributed by atoms with E-state index in [1.54, 1.807) is 14.8 Å². The second-order valence-corrected chi connectivity index (χ2v) is 7.75. The molecule has 1 aliphatic heterocycles. The molecule has 1 rings (SSSR count). The molecule has 0 spiro atoms. The average Bonchev–Trinajstić information content (AvgIpc) is 2.47. The van der Waals surface area contributed by atoms with Gasteiger partial charge in [-0.15, -0.1) is 0 Å². The van der Waals surface area contributed by atoms with E-state index < -0.39 is 31.0 Å². The van der Waals surface area contributed by atoms with Gasteiger partial charge in [-0.25, -0.2) is 4.39 Å². The molecule has 0 aromatic carbocycles. The summed E-state index contributed by atoms with van der Waals surface area (Å²) in [5.74, 6) is 0. The highest BCUT2D eigenvalue weighted by Gasteiger charge is 2.45. The maximum Gasteiger partial charge on any atom is 0.254 e. The van der Waals surface area contributed by atoms with Crippen LogP contribution in [0.2, 0.25) is 0 Å². The van der Waals surface area contributed by atoms with Gasteiger partial charge in [-0.1, -0.05) is 19.2 Å². The zero-order valence-electron chi connectivity index (χ0n) is 9.63. The number of hydrogen-bond donors (Lipinski definition) is 1. The Labute approximate surface area is 101 Å². The van der Waals surface area contributed by atoms with E-state index in [-0.39, 0.29) is 12.8 Å². The van der Waals surface area contributed by atoms with Crippen LogP contribution in [-0.2, 0) is 18.6 Å². The van der Waals surface area contributed by atoms with Crippen LogP contribution in [0.15, 0.2) is 0 Å². The molecule has 8 heteroatoms. The Morgan fingerprint density at radius 2 is 2.25 bits per heavy atom. The standard InChI is InChI=1S/C8H17BFO4PS/c1-3-15(11,16)14-7-5(4-12-2)13-8(9)6(7)10/h5-8H,3-4,9H2,1-2H3,(H,11,16)/t5-,6+,7?,8-,15?/m1/s1. The number of methoxy groups -OCH3 is 1. The molecular weight excluding hydrogens is 253 g/mol. The summed E-state index contributed by atoms with van der Waals surface area (Å²) in [5.41, 5.74) is 0. The average molecular weight is 270 g/mol. The van der Waals surface area contributed by atoms with Crippen molar-refractivity contribution in [2.24, 2.45) is 0 Å². The molecule has 4 nitrogen and oxygen atoms in total. The first-order valence-electron chi connectivity index (χ1n) is 5.20. The Balaban J connectivity index is 2.70. The van der Waals surface area contributed by atoms with Crippen molar-refractivity contribution in [2.75, 3.05) is 19.9 Å². The van der Waals surface area contributed by atoms with E-state index in [9.17, 15) is 8.96 Å². The fourth-order valence-corrected chi connectivity index (χ4v) is 2.70. The summed E-state index contributed by atoms with van der Waals surface area (Å²) in [6.45, 7) is -1.13. The van der Waals surface area contributed by atoms with Gasteiger partial charge in [0, 0.05) is 13.3 Å². The van der Waals surface area contributed by atoms with E-state index in [1.165, 1.54) is 7.11 Å². The van der Waals surface area contributed by atoms with Gasteiger partial charge in [0.25, 0.3) is 6.57 Å². The van der Waals surface area contributed by atoms with E-state index in [0.717, 1.165) is 0 Å². The second-order valence-electron chi connectivity index (χ2n) is 3.80. The smallest absolute Gasteiger partial charge is 0.254 e. The highest BCUT2D eigenvalue weighted by Crippen LogP contribution is 2.54. The summed E-state index contributed by atoms with van der Waals surface area (Å²) in [6.07, 6.45) is -2.43. The summed E-state index contributed by atoms with van der Waals surface area (Å²) in [4.78, 5) is 0. The molecule has 16 heavy (non-hydrogen) atoms. The first kappa shape index (κ1) is 14.5. The molecule has 0 radical (unpaired) electrons. The van der Waals surface area contributed by atoms with Gasteiger partial charge in [0.15, 0.2) is 0 Å². The van der Waals surface area contributed by atoms with Gasteiger partial charge in [0.05, 0.1) is 12.6 Å². The van der Waals surface area contributed by atoms with E-state index in [4.69, 9.17) is 14.0 Å². The predicted molar refractivity (Wildman–Crippen MR) is 66.0 cm³/mol. The number of halogens is 1. The van der Waals surface area contributed by atoms with Gasteiger partial charge in [-0.2, -0.15) is 0 Å². The Kier molecular flexibility index (Phi) is 5.33. The van der Waals surface area contributed by atoms with Gasteiger partial charge < -0.3 is 14.0 Å². The molecule has 5 atom stereocenters. The molecule has 0 bridgehead atoms. The molecule has 94 valence electrons. The Morgan fingerprint density at radius 1 is 1.62 bits per heavy atom. The van der Waals surface area contributed by atoms with Crippen LogP contribution in [0.5, 0.6) is 0 Å². The summed E-state index contributed by atoms with van der Waals surface area (Å²) in [5, 5.41) is 0. The molecule has 1 fully saturated rings. The Hall–Kier alpha value is 0.455. The van der Waals surface area contributed by atoms with E-state index in [0.29, 0.717) is 0 Å². The van der Waals surface area contributed by atoms with Crippen LogP contribution in [0.25, 0.3) is 0 Å². The molecule has 0 aromatic rings. The summed E-state index contributed by atoms with van der Waals surface area (Å²) in [6, 6.07) is -0.574. The molecule has 0 N–H and O–H groups in total. The highest BCUT2D eigenvalue weighted by atomic mass is 32.7. The second kappa shape index (κ2) is 5.87. The van der Waals surface area contributed by atoms with Crippen molar-refractivity contribution in [1.29, 1.82) is 0 Å². The van der Waals surface area contributed by atoms with Crippen LogP contribution < -0.4 is 0 Å². The number of thiol groups is 1. The van der Waals surface area contributed by atoms with Crippen LogP contribution in [0.1, 0.15) is 6.92 Å². The number of rotatable bonds is 5. The first-order valence-corrected chi connectivity index (χ1v) is 8.16. The maximum atomic E-state index is 13.8. The van der Waals surface area contributed by atoms with Gasteiger partial charge in [-0.3, -0.25) is 4.57 Å². The minimum absolute atomic E-state index is 0.215. The quantitative estimate of drug-likeness (QED) is 0.457. The molecule has 0 amide bonds. The molecule has 0 aliphatic carbocycles. The van der Waals surface area contributed by atoms with Crippen molar-refractivity contribution in [3.05, 3.63) is 0 Å². The van der Waals surface area contributed by atoms with Crippen molar-refractivity contribution in [3.63, 3.8) is 0 Å². The Morgan fingerprint density at radius 3 is 2.75 bits per heavy atom. The van der Waals surface area contributed by atoms with E-state index in [1.807, 2.05) is 0 Å². The minimum Gasteiger partial charge on any atom is -0.382 e. The number of hydrogen-bond acceptors (Lipinski definition) is 4. The van der Waals surface area contributed by atoms with Gasteiger partial charge >= 0.3 is 0 Å². The zero-order valence-corrected chi connectivity index (χ0v) is 11.4. The molecule has 1 aliphatic rings. The van der Waals surface area contributed by atoms with Crippen molar-refractivity contribution in [2.45, 2.75) is 31.3 Å². The van der Waals surface area contributed by atoms with Crippen LogP contribution >= 0.6 is 18.8 Å². The molecule has 0 aromatic heterocycles. The normalized spacial score (nSPS) is 38.5. The molecule has 1 saturated heterocycles. The van der Waals surface area contributed by atoms with E-state index in [2.05, 4.69) is 12.2 Å². The molecule has 0 saturated carbocycles. The third-order valence-electron chi connectivity index (χ3n) is 2.54. The number of alkyl halides is 1. The van der Waals surface area contributed by atoms with Gasteiger partial charge in [-0.05, 0) is 0 Å². The topological polar surface area (TPSA) is 44.8 Å². The first-order chi connectivity index (χ1) is 7.41. The lowest BCUT2D eigenvalue weighted by Crippen LogP contribution is -2.33. The van der Waals surface area contributed by atoms with Crippen LogP contribution in [0.4, 0.5) is 4.39 Å². The van der Waals surface area contributed by atoms with Crippen LogP contribution in [0.3, 0.4) is 0 Å². The fraction of sp³-hybridized carbons (Fsp3) is 1.00. The Bertz CT molecular complexity index is 283. The van der Waals surface area contributed by atoms with Crippen LogP contribution in [0, 0.1) is 0 Å². The molecule has 2 unspecified atom stereocenters. The minimum atomic E-state index is -3.03. The lowest BCUT2D eigenvalue weighted by Gasteiger charge is -2.22. The fourth-order valence-electron chi connectivity index (χ4n) is 1.59. The lowest BCUT2D eigenvalue weighted by molar-refractivity contribution is -0.00939. The van der Waals surface area contributed by atoms with Crippen molar-refractivity contribution < 1.29 is 23.0 Å². The number of ether oxygens (including phenoxy) is 2. The van der Waals surface area contributed by atoms with E-state index >= 15 is 0 Å². The lowest BCUT2D eigenvalue weighted by atomic mass is 9.94. The summed E-state index contributed by atoms with van der Waals surface area (Å²) >= 11 is 3.91. The van der Waals surface area contributed by atoms with Crippen molar-refractivity contribution in [3.8, 4) is 0 Å². The van der Waals surface area contributed by atoms with Gasteiger partial charge in [0.1, 0.15) is 26.2 Å². The van der Waals surface area contributed by atoms with Crippen molar-refractivity contribution >= 4 is 26.7 Å². The SMILES string of the molecule is B[C@@H]1O[C@H](COC)C(OP(=O)(S)CC)[C@@H]1F. The highest BCUT2D eigenvalue weighted by molar-refractivity contribution is 8.46. The zero-order chi connectivity index (χ0) is 12.3. The van der Waals surface area contributed by atoms with Gasteiger partial charge in [0.2, 0.25) is 0 Å². The van der Waals surface area contributed by atoms with Crippen molar-refractivity contribution in [1.82, 2.24) is 0 Å². The molecular formula is C8H17BFO4PS. The third-order valence-corrected chi connectivity index (χ3v) is 5.04. The predicted octanol–water partition coefficient (Wildman–Crippen LogP) is 0.857. The largest absolute Gasteiger partial charge is 0.382 e. The third kappa shape index (κ3) is 3.47. The van der Waals surface area contributed by atoms with Crippen LogP contribution in [-0.4, -0.2) is 52.1 Å². The maximum absolute atomic E-state index is 13.8. The summed E-state index contributed by atoms with van der Waals surface area (Å²) in [7, 11) is 3.11. The molecule has 1 heterocycles.